The summed E-state index contributed by atoms with van der Waals surface area (Å²) in [5, 5.41) is 1.47. The number of fused-ring (bicyclic) bond motifs is 2. The lowest BCUT2D eigenvalue weighted by atomic mass is 10.1. The van der Waals surface area contributed by atoms with Crippen LogP contribution in [0.3, 0.4) is 0 Å². The standard InChI is InChI=1S/C20H15ClNO3/c1-24-14-7-5-13(6-8-14)11-22-10-9-15-18(12-22)25-20-16(19(15)23)3-2-4-17(20)21/h2-10,12H,11H2,1H3/q+1. The highest BCUT2D eigenvalue weighted by molar-refractivity contribution is 6.34. The lowest BCUT2D eigenvalue weighted by molar-refractivity contribution is -0.687. The van der Waals surface area contributed by atoms with Gasteiger partial charge in [0.25, 0.3) is 0 Å². The predicted octanol–water partition coefficient (Wildman–Crippen LogP) is 3.94. The molecule has 2 aromatic carbocycles. The van der Waals surface area contributed by atoms with Crippen molar-refractivity contribution in [1.29, 1.82) is 0 Å². The molecular formula is C20H15ClNO3+. The Bertz CT molecular complexity index is 1130. The van der Waals surface area contributed by atoms with Gasteiger partial charge in [-0.25, -0.2) is 0 Å². The van der Waals surface area contributed by atoms with E-state index in [9.17, 15) is 4.79 Å². The first kappa shape index (κ1) is 15.7. The third-order valence-corrected chi connectivity index (χ3v) is 4.47. The fourth-order valence-corrected chi connectivity index (χ4v) is 3.08. The summed E-state index contributed by atoms with van der Waals surface area (Å²) in [6.45, 7) is 0.657. The van der Waals surface area contributed by atoms with E-state index in [-0.39, 0.29) is 5.43 Å². The average molecular weight is 353 g/mol. The first-order valence-electron chi connectivity index (χ1n) is 7.83. The molecular weight excluding hydrogens is 338 g/mol. The lowest BCUT2D eigenvalue weighted by Crippen LogP contribution is -2.33. The van der Waals surface area contributed by atoms with Gasteiger partial charge in [0.15, 0.2) is 18.3 Å². The van der Waals surface area contributed by atoms with Gasteiger partial charge in [-0.15, -0.1) is 0 Å². The summed E-state index contributed by atoms with van der Waals surface area (Å²) in [6, 6.07) is 14.8. The minimum Gasteiger partial charge on any atom is -0.497 e. The van der Waals surface area contributed by atoms with Gasteiger partial charge in [-0.05, 0) is 36.4 Å². The Balaban J connectivity index is 1.80. The van der Waals surface area contributed by atoms with E-state index in [4.69, 9.17) is 20.8 Å². The lowest BCUT2D eigenvalue weighted by Gasteiger charge is -2.03. The second-order valence-corrected chi connectivity index (χ2v) is 6.20. The maximum absolute atomic E-state index is 12.6. The van der Waals surface area contributed by atoms with Gasteiger partial charge in [-0.2, -0.15) is 4.57 Å². The van der Waals surface area contributed by atoms with Gasteiger partial charge in [0.2, 0.25) is 17.2 Å². The molecule has 0 amide bonds. The summed E-state index contributed by atoms with van der Waals surface area (Å²) < 4.78 is 13.0. The number of nitrogens with zero attached hydrogens (tertiary/aromatic N) is 1. The summed E-state index contributed by atoms with van der Waals surface area (Å²) in [4.78, 5) is 12.6. The molecule has 0 aliphatic heterocycles. The zero-order chi connectivity index (χ0) is 17.4. The minimum atomic E-state index is -0.0738. The van der Waals surface area contributed by atoms with Gasteiger partial charge < -0.3 is 9.15 Å². The number of rotatable bonds is 3. The van der Waals surface area contributed by atoms with Crippen LogP contribution in [-0.2, 0) is 6.54 Å². The number of hydrogen-bond acceptors (Lipinski definition) is 3. The van der Waals surface area contributed by atoms with Crippen LogP contribution in [0.1, 0.15) is 5.56 Å². The molecule has 0 unspecified atom stereocenters. The Morgan fingerprint density at radius 1 is 1.08 bits per heavy atom. The van der Waals surface area contributed by atoms with Crippen LogP contribution in [0.25, 0.3) is 21.9 Å². The van der Waals surface area contributed by atoms with Crippen LogP contribution in [0.15, 0.2) is 70.1 Å². The van der Waals surface area contributed by atoms with Gasteiger partial charge >= 0.3 is 0 Å². The first-order valence-corrected chi connectivity index (χ1v) is 8.20. The predicted molar refractivity (Wildman–Crippen MR) is 97.3 cm³/mol. The third-order valence-electron chi connectivity index (χ3n) is 4.17. The van der Waals surface area contributed by atoms with Crippen molar-refractivity contribution in [2.75, 3.05) is 7.11 Å². The fraction of sp³-hybridized carbons (Fsp3) is 0.100. The van der Waals surface area contributed by atoms with E-state index in [2.05, 4.69) is 0 Å². The Morgan fingerprint density at radius 3 is 2.64 bits per heavy atom. The van der Waals surface area contributed by atoms with E-state index < -0.39 is 0 Å². The van der Waals surface area contributed by atoms with Crippen LogP contribution < -0.4 is 14.7 Å². The second kappa shape index (κ2) is 6.22. The monoisotopic (exact) mass is 352 g/mol. The Morgan fingerprint density at radius 2 is 1.88 bits per heavy atom. The molecule has 0 saturated carbocycles. The number of pyridine rings is 1. The highest BCUT2D eigenvalue weighted by Crippen LogP contribution is 2.24. The van der Waals surface area contributed by atoms with Gasteiger partial charge in [0.05, 0.1) is 22.9 Å². The summed E-state index contributed by atoms with van der Waals surface area (Å²) in [6.07, 6.45) is 3.70. The molecule has 4 rings (SSSR count). The van der Waals surface area contributed by atoms with E-state index in [0.717, 1.165) is 11.3 Å². The van der Waals surface area contributed by atoms with Crippen molar-refractivity contribution >= 4 is 33.5 Å². The van der Waals surface area contributed by atoms with E-state index in [1.807, 2.05) is 41.2 Å². The van der Waals surface area contributed by atoms with Gasteiger partial charge in [-0.3, -0.25) is 4.79 Å². The zero-order valence-electron chi connectivity index (χ0n) is 13.5. The van der Waals surface area contributed by atoms with E-state index in [0.29, 0.717) is 33.5 Å². The van der Waals surface area contributed by atoms with Crippen molar-refractivity contribution in [3.05, 3.63) is 81.7 Å². The van der Waals surface area contributed by atoms with Crippen molar-refractivity contribution in [2.45, 2.75) is 6.54 Å². The molecule has 2 aromatic heterocycles. The largest absolute Gasteiger partial charge is 0.497 e. The van der Waals surface area contributed by atoms with Crippen LogP contribution in [0.5, 0.6) is 5.75 Å². The number of aromatic nitrogens is 1. The SMILES string of the molecule is COc1ccc(C[n+]2ccc3c(=O)c4cccc(Cl)c4oc3c2)cc1. The van der Waals surface area contributed by atoms with Crippen LogP contribution >= 0.6 is 11.6 Å². The maximum Gasteiger partial charge on any atom is 0.212 e. The van der Waals surface area contributed by atoms with Crippen molar-refractivity contribution in [3.63, 3.8) is 0 Å². The van der Waals surface area contributed by atoms with Crippen LogP contribution in [0, 0.1) is 0 Å². The van der Waals surface area contributed by atoms with E-state index >= 15 is 0 Å². The molecule has 124 valence electrons. The quantitative estimate of drug-likeness (QED) is 0.414. The molecule has 0 bridgehead atoms. The number of benzene rings is 2. The number of halogens is 1. The molecule has 0 fully saturated rings. The number of para-hydroxylation sites is 1. The van der Waals surface area contributed by atoms with Gasteiger partial charge in [-0.1, -0.05) is 17.7 Å². The molecule has 4 nitrogen and oxygen atoms in total. The molecule has 5 heteroatoms. The topological polar surface area (TPSA) is 43.3 Å². The van der Waals surface area contributed by atoms with Crippen LogP contribution in [-0.4, -0.2) is 7.11 Å². The summed E-state index contributed by atoms with van der Waals surface area (Å²) in [7, 11) is 1.64. The molecule has 0 atom stereocenters. The average Bonchev–Trinajstić information content (AvgIpc) is 2.63. The highest BCUT2D eigenvalue weighted by Gasteiger charge is 2.13. The normalized spacial score (nSPS) is 11.1. The Labute approximate surface area is 148 Å². The number of hydrogen-bond donors (Lipinski definition) is 0. The zero-order valence-corrected chi connectivity index (χ0v) is 14.3. The maximum atomic E-state index is 12.6. The molecule has 0 aliphatic rings. The number of methoxy groups -OCH3 is 1. The fourth-order valence-electron chi connectivity index (χ4n) is 2.87. The van der Waals surface area contributed by atoms with Gasteiger partial charge in [0, 0.05) is 11.6 Å². The molecule has 25 heavy (non-hydrogen) atoms. The molecule has 0 saturated heterocycles. The Hall–Kier alpha value is -2.85. The molecule has 0 aliphatic carbocycles. The first-order chi connectivity index (χ1) is 12.2. The third kappa shape index (κ3) is 2.85. The van der Waals surface area contributed by atoms with Crippen LogP contribution in [0.4, 0.5) is 0 Å². The molecule has 0 spiro atoms. The van der Waals surface area contributed by atoms with E-state index in [1.165, 1.54) is 0 Å². The molecule has 0 N–H and O–H groups in total. The second-order valence-electron chi connectivity index (χ2n) is 5.79. The van der Waals surface area contributed by atoms with Crippen LogP contribution in [0.2, 0.25) is 5.02 Å². The molecule has 4 aromatic rings. The molecule has 2 heterocycles. The summed E-state index contributed by atoms with van der Waals surface area (Å²) >= 11 is 6.18. The van der Waals surface area contributed by atoms with Crippen molar-refractivity contribution < 1.29 is 13.7 Å². The van der Waals surface area contributed by atoms with Gasteiger partial charge in [0.1, 0.15) is 5.75 Å². The Kier molecular flexibility index (Phi) is 3.90. The summed E-state index contributed by atoms with van der Waals surface area (Å²) in [5.74, 6) is 0.819. The minimum absolute atomic E-state index is 0.0738. The number of ether oxygens (including phenoxy) is 1. The highest BCUT2D eigenvalue weighted by atomic mass is 35.5. The molecule has 0 radical (unpaired) electrons. The summed E-state index contributed by atoms with van der Waals surface area (Å²) in [5.41, 5.74) is 1.98. The van der Waals surface area contributed by atoms with Crippen molar-refractivity contribution in [2.24, 2.45) is 0 Å². The van der Waals surface area contributed by atoms with Crippen molar-refractivity contribution in [1.82, 2.24) is 0 Å². The van der Waals surface area contributed by atoms with E-state index in [1.54, 1.807) is 31.4 Å². The smallest absolute Gasteiger partial charge is 0.212 e. The van der Waals surface area contributed by atoms with Crippen molar-refractivity contribution in [3.8, 4) is 5.75 Å².